The third-order valence-corrected chi connectivity index (χ3v) is 6.10. The zero-order chi connectivity index (χ0) is 18.9. The van der Waals surface area contributed by atoms with Gasteiger partial charge in [0.15, 0.2) is 11.5 Å². The van der Waals surface area contributed by atoms with Gasteiger partial charge in [-0.05, 0) is 61.4 Å². The maximum Gasteiger partial charge on any atom is 0.317 e. The number of ether oxygens (including phenoxy) is 2. The fraction of sp³-hybridized carbons (Fsp3) is 0.500. The molecule has 148 valence electrons. The Hall–Kier alpha value is -2.63. The van der Waals surface area contributed by atoms with Crippen LogP contribution in [0.25, 0.3) is 0 Å². The maximum absolute atomic E-state index is 12.9. The molecule has 1 atom stereocenters. The minimum absolute atomic E-state index is 0.0468. The molecule has 0 spiro atoms. The Morgan fingerprint density at radius 3 is 2.43 bits per heavy atom. The lowest BCUT2D eigenvalue weighted by Gasteiger charge is -2.34. The predicted octanol–water partition coefficient (Wildman–Crippen LogP) is 3.76. The number of piperidine rings is 1. The summed E-state index contributed by atoms with van der Waals surface area (Å²) in [5.74, 6) is 2.10. The Balaban J connectivity index is 1.24. The van der Waals surface area contributed by atoms with Crippen molar-refractivity contribution in [2.24, 2.45) is 5.92 Å². The molecule has 2 aliphatic heterocycles. The largest absolute Gasteiger partial charge is 0.486 e. The van der Waals surface area contributed by atoms with Gasteiger partial charge in [-0.1, -0.05) is 6.07 Å². The fourth-order valence-corrected chi connectivity index (χ4v) is 4.34. The molecule has 3 aliphatic rings. The third-order valence-electron chi connectivity index (χ3n) is 6.10. The molecule has 1 saturated carbocycles. The highest BCUT2D eigenvalue weighted by atomic mass is 16.6. The van der Waals surface area contributed by atoms with Crippen molar-refractivity contribution >= 4 is 6.03 Å². The number of hydrogen-bond donors (Lipinski definition) is 1. The summed E-state index contributed by atoms with van der Waals surface area (Å²) in [6.07, 6.45) is 8.56. The van der Waals surface area contributed by atoms with E-state index in [-0.39, 0.29) is 12.1 Å². The zero-order valence-electron chi connectivity index (χ0n) is 16.0. The third kappa shape index (κ3) is 3.55. The van der Waals surface area contributed by atoms with Crippen molar-refractivity contribution < 1.29 is 14.3 Å². The molecule has 2 amide bonds. The highest BCUT2D eigenvalue weighted by Gasteiger charge is 2.35. The number of hydrogen-bond acceptors (Lipinski definition) is 3. The molecule has 1 aromatic heterocycles. The van der Waals surface area contributed by atoms with Gasteiger partial charge in [-0.25, -0.2) is 4.79 Å². The number of urea groups is 1. The summed E-state index contributed by atoms with van der Waals surface area (Å²) < 4.78 is 13.6. The number of rotatable bonds is 4. The van der Waals surface area contributed by atoms with Gasteiger partial charge in [0.2, 0.25) is 0 Å². The van der Waals surface area contributed by atoms with Crippen molar-refractivity contribution in [2.75, 3.05) is 26.3 Å². The van der Waals surface area contributed by atoms with E-state index >= 15 is 0 Å². The number of fused-ring (bicyclic) bond motifs is 1. The highest BCUT2D eigenvalue weighted by Crippen LogP contribution is 2.43. The fourth-order valence-electron chi connectivity index (χ4n) is 4.34. The first-order valence-electron chi connectivity index (χ1n) is 10.4. The molecule has 0 radical (unpaired) electrons. The number of benzene rings is 1. The molecule has 6 heteroatoms. The van der Waals surface area contributed by atoms with Crippen LogP contribution in [-0.4, -0.2) is 41.8 Å². The second-order valence-electron chi connectivity index (χ2n) is 8.02. The molecule has 3 heterocycles. The van der Waals surface area contributed by atoms with Crippen LogP contribution < -0.4 is 14.8 Å². The summed E-state index contributed by atoms with van der Waals surface area (Å²) in [5, 5.41) is 3.31. The predicted molar refractivity (Wildman–Crippen MR) is 106 cm³/mol. The lowest BCUT2D eigenvalue weighted by Crippen LogP contribution is -2.46. The smallest absolute Gasteiger partial charge is 0.317 e. The molecule has 2 fully saturated rings. The van der Waals surface area contributed by atoms with Crippen LogP contribution in [0.15, 0.2) is 42.7 Å². The van der Waals surface area contributed by atoms with Gasteiger partial charge in [0.25, 0.3) is 0 Å². The molecule has 28 heavy (non-hydrogen) atoms. The molecule has 1 aliphatic carbocycles. The molecular formula is C22H27N3O3. The van der Waals surface area contributed by atoms with E-state index in [0.717, 1.165) is 55.8 Å². The lowest BCUT2D eigenvalue weighted by molar-refractivity contribution is 0.166. The van der Waals surface area contributed by atoms with Crippen molar-refractivity contribution in [2.45, 2.75) is 37.8 Å². The van der Waals surface area contributed by atoms with Crippen LogP contribution in [0.4, 0.5) is 4.79 Å². The van der Waals surface area contributed by atoms with Crippen molar-refractivity contribution in [3.8, 4) is 11.5 Å². The summed E-state index contributed by atoms with van der Waals surface area (Å²) in [6, 6.07) is 10.8. The van der Waals surface area contributed by atoms with Gasteiger partial charge in [0.1, 0.15) is 13.2 Å². The number of nitrogens with one attached hydrogen (secondary N) is 1. The molecule has 1 unspecified atom stereocenters. The standard InChI is InChI=1S/C22H27N3O3/c26-22(25-11-7-18(8-12-25)24-9-1-2-10-24)23-21(16-3-4-16)17-5-6-19-20(15-17)28-14-13-27-19/h1-2,5-6,9-10,15-16,18,21H,3-4,7-8,11-14H2,(H,23,26). The number of carbonyl (C=O) groups is 1. The monoisotopic (exact) mass is 381 g/mol. The Bertz CT molecular complexity index is 824. The average Bonchev–Trinajstić information content (AvgIpc) is 3.44. The minimum atomic E-state index is 0.0468. The van der Waals surface area contributed by atoms with Gasteiger partial charge < -0.3 is 24.3 Å². The van der Waals surface area contributed by atoms with Crippen LogP contribution in [0, 0.1) is 5.92 Å². The Labute approximate surface area is 165 Å². The summed E-state index contributed by atoms with van der Waals surface area (Å²) in [6.45, 7) is 2.77. The van der Waals surface area contributed by atoms with Crippen LogP contribution in [0.1, 0.15) is 43.3 Å². The van der Waals surface area contributed by atoms with Gasteiger partial charge in [-0.2, -0.15) is 0 Å². The summed E-state index contributed by atoms with van der Waals surface area (Å²) in [7, 11) is 0. The van der Waals surface area contributed by atoms with E-state index in [9.17, 15) is 4.79 Å². The molecule has 2 aromatic rings. The number of carbonyl (C=O) groups excluding carboxylic acids is 1. The van der Waals surface area contributed by atoms with Crippen LogP contribution in [0.5, 0.6) is 11.5 Å². The first-order chi connectivity index (χ1) is 13.8. The van der Waals surface area contributed by atoms with E-state index in [1.165, 1.54) is 0 Å². The number of nitrogens with zero attached hydrogens (tertiary/aromatic N) is 2. The molecule has 0 bridgehead atoms. The molecule has 1 saturated heterocycles. The van der Waals surface area contributed by atoms with Crippen molar-refractivity contribution in [1.82, 2.24) is 14.8 Å². The van der Waals surface area contributed by atoms with Gasteiger partial charge in [0.05, 0.1) is 6.04 Å². The number of aromatic nitrogens is 1. The minimum Gasteiger partial charge on any atom is -0.486 e. The molecule has 5 rings (SSSR count). The first-order valence-corrected chi connectivity index (χ1v) is 10.4. The Morgan fingerprint density at radius 1 is 1.00 bits per heavy atom. The van der Waals surface area contributed by atoms with Crippen LogP contribution in [-0.2, 0) is 0 Å². The van der Waals surface area contributed by atoms with Gasteiger partial charge in [0, 0.05) is 31.5 Å². The topological polar surface area (TPSA) is 55.7 Å². The average molecular weight is 381 g/mol. The second-order valence-corrected chi connectivity index (χ2v) is 8.02. The van der Waals surface area contributed by atoms with Crippen molar-refractivity contribution in [1.29, 1.82) is 0 Å². The second kappa shape index (κ2) is 7.41. The van der Waals surface area contributed by atoms with E-state index in [4.69, 9.17) is 9.47 Å². The zero-order valence-corrected chi connectivity index (χ0v) is 16.0. The molecule has 6 nitrogen and oxygen atoms in total. The van der Waals surface area contributed by atoms with E-state index in [0.29, 0.717) is 25.2 Å². The van der Waals surface area contributed by atoms with Gasteiger partial charge >= 0.3 is 6.03 Å². The van der Waals surface area contributed by atoms with Crippen molar-refractivity contribution in [3.63, 3.8) is 0 Å². The quantitative estimate of drug-likeness (QED) is 0.877. The Kier molecular flexibility index (Phi) is 4.63. The van der Waals surface area contributed by atoms with Gasteiger partial charge in [-0.3, -0.25) is 0 Å². The summed E-state index contributed by atoms with van der Waals surface area (Å²) in [4.78, 5) is 14.9. The van der Waals surface area contributed by atoms with Gasteiger partial charge in [-0.15, -0.1) is 0 Å². The number of amides is 2. The molecular weight excluding hydrogens is 354 g/mol. The van der Waals surface area contributed by atoms with Crippen LogP contribution >= 0.6 is 0 Å². The van der Waals surface area contributed by atoms with E-state index in [1.54, 1.807) is 0 Å². The summed E-state index contributed by atoms with van der Waals surface area (Å²) >= 11 is 0. The maximum atomic E-state index is 12.9. The van der Waals surface area contributed by atoms with E-state index in [2.05, 4.69) is 40.5 Å². The molecule has 1 N–H and O–H groups in total. The normalized spacial score (nSPS) is 20.6. The highest BCUT2D eigenvalue weighted by molar-refractivity contribution is 5.75. The van der Waals surface area contributed by atoms with Crippen molar-refractivity contribution in [3.05, 3.63) is 48.3 Å². The SMILES string of the molecule is O=C(NC(c1ccc2c(c1)OCCO2)C1CC1)N1CCC(n2cccc2)CC1. The molecule has 1 aromatic carbocycles. The number of likely N-dealkylation sites (tertiary alicyclic amines) is 1. The first kappa shape index (κ1) is 17.5. The Morgan fingerprint density at radius 2 is 1.71 bits per heavy atom. The van der Waals surface area contributed by atoms with E-state index in [1.807, 2.05) is 17.0 Å². The lowest BCUT2D eigenvalue weighted by atomic mass is 10.0. The summed E-state index contributed by atoms with van der Waals surface area (Å²) in [5.41, 5.74) is 1.11. The van der Waals surface area contributed by atoms with Crippen LogP contribution in [0.2, 0.25) is 0 Å². The van der Waals surface area contributed by atoms with Crippen LogP contribution in [0.3, 0.4) is 0 Å². The van der Waals surface area contributed by atoms with E-state index < -0.39 is 0 Å².